The van der Waals surface area contributed by atoms with Crippen molar-refractivity contribution in [3.8, 4) is 5.75 Å². The van der Waals surface area contributed by atoms with Crippen LogP contribution in [0.2, 0.25) is 0 Å². The molecule has 0 spiro atoms. The van der Waals surface area contributed by atoms with Gasteiger partial charge in [0, 0.05) is 13.0 Å². The monoisotopic (exact) mass is 543 g/mol. The van der Waals surface area contributed by atoms with E-state index in [9.17, 15) is 44.7 Å². The second-order valence-corrected chi connectivity index (χ2v) is 8.18. The predicted octanol–water partition coefficient (Wildman–Crippen LogP) is -2.19. The maximum atomic E-state index is 12.5. The number of ether oxygens (including phenoxy) is 3. The van der Waals surface area contributed by atoms with Crippen molar-refractivity contribution in [1.29, 1.82) is 0 Å². The SMILES string of the molecule is CC(C)=NO[C@@H](O)C(=O)NCCC(=O)Nc1cc(COC=O)ccc1O[C@@H]1O[C@H](C(=O)O)[C@@H](O)[C@H](O)[C@H]1O. The lowest BCUT2D eigenvalue weighted by atomic mass is 9.99. The molecule has 7 N–H and O–H groups in total. The number of carboxylic acid groups (broad SMARTS) is 1. The molecule has 1 fully saturated rings. The van der Waals surface area contributed by atoms with Gasteiger partial charge in [0.25, 0.3) is 12.4 Å². The number of anilines is 1. The maximum Gasteiger partial charge on any atom is 0.335 e. The number of hydrogen-bond acceptors (Lipinski definition) is 13. The van der Waals surface area contributed by atoms with E-state index >= 15 is 0 Å². The van der Waals surface area contributed by atoms with E-state index in [0.29, 0.717) is 11.3 Å². The number of aliphatic hydroxyl groups excluding tert-OH is 4. The number of amides is 2. The van der Waals surface area contributed by atoms with Gasteiger partial charge in [0.2, 0.25) is 12.2 Å². The number of carbonyl (C=O) groups excluding carboxylic acids is 3. The lowest BCUT2D eigenvalue weighted by Gasteiger charge is -2.38. The zero-order valence-corrected chi connectivity index (χ0v) is 20.3. The molecule has 0 unspecified atom stereocenters. The van der Waals surface area contributed by atoms with E-state index in [1.807, 2.05) is 0 Å². The molecule has 6 atom stereocenters. The molecule has 0 saturated carbocycles. The summed E-state index contributed by atoms with van der Waals surface area (Å²) in [5.74, 6) is -3.32. The number of benzene rings is 1. The highest BCUT2D eigenvalue weighted by Gasteiger charge is 2.48. The van der Waals surface area contributed by atoms with Crippen molar-refractivity contribution >= 4 is 35.7 Å². The third-order valence-electron chi connectivity index (χ3n) is 4.90. The summed E-state index contributed by atoms with van der Waals surface area (Å²) in [5, 5.41) is 57.0. The van der Waals surface area contributed by atoms with Gasteiger partial charge >= 0.3 is 12.3 Å². The van der Waals surface area contributed by atoms with Gasteiger partial charge in [-0.1, -0.05) is 11.2 Å². The van der Waals surface area contributed by atoms with E-state index < -0.39 is 54.8 Å². The summed E-state index contributed by atoms with van der Waals surface area (Å²) in [6.07, 6.45) is -11.5. The summed E-state index contributed by atoms with van der Waals surface area (Å²) in [6.45, 7) is 3.00. The topological polar surface area (TPSA) is 243 Å². The highest BCUT2D eigenvalue weighted by molar-refractivity contribution is 5.93. The zero-order valence-electron chi connectivity index (χ0n) is 20.3. The fourth-order valence-electron chi connectivity index (χ4n) is 3.07. The van der Waals surface area contributed by atoms with E-state index in [1.54, 1.807) is 13.8 Å². The number of nitrogens with one attached hydrogen (secondary N) is 2. The van der Waals surface area contributed by atoms with Crippen LogP contribution >= 0.6 is 0 Å². The van der Waals surface area contributed by atoms with Gasteiger partial charge in [-0.2, -0.15) is 0 Å². The smallest absolute Gasteiger partial charge is 0.335 e. The molecule has 1 aliphatic heterocycles. The summed E-state index contributed by atoms with van der Waals surface area (Å²) < 4.78 is 15.3. The van der Waals surface area contributed by atoms with Crippen molar-refractivity contribution in [2.24, 2.45) is 5.16 Å². The Balaban J connectivity index is 2.11. The Morgan fingerprint density at radius 3 is 2.50 bits per heavy atom. The molecule has 2 amide bonds. The molecule has 2 rings (SSSR count). The lowest BCUT2D eigenvalue weighted by Crippen LogP contribution is -2.61. The van der Waals surface area contributed by atoms with E-state index in [1.165, 1.54) is 18.2 Å². The first-order chi connectivity index (χ1) is 17.9. The summed E-state index contributed by atoms with van der Waals surface area (Å²) in [6, 6.07) is 4.09. The van der Waals surface area contributed by atoms with Crippen molar-refractivity contribution < 1.29 is 63.8 Å². The normalized spacial score (nSPS) is 23.4. The summed E-state index contributed by atoms with van der Waals surface area (Å²) >= 11 is 0. The molecular weight excluding hydrogens is 514 g/mol. The predicted molar refractivity (Wildman–Crippen MR) is 124 cm³/mol. The number of oxime groups is 1. The Labute approximate surface area is 215 Å². The van der Waals surface area contributed by atoms with Gasteiger partial charge in [-0.3, -0.25) is 14.4 Å². The first kappa shape index (κ1) is 30.4. The van der Waals surface area contributed by atoms with Gasteiger partial charge in [-0.05, 0) is 31.5 Å². The van der Waals surface area contributed by atoms with E-state index in [2.05, 4.69) is 25.4 Å². The summed E-state index contributed by atoms with van der Waals surface area (Å²) in [5.41, 5.74) is 0.849. The Hall–Kier alpha value is -3.83. The van der Waals surface area contributed by atoms with Crippen molar-refractivity contribution in [3.05, 3.63) is 23.8 Å². The maximum absolute atomic E-state index is 12.5. The first-order valence-electron chi connectivity index (χ1n) is 11.1. The number of carbonyl (C=O) groups is 4. The standard InChI is InChI=1S/C22H29N3O13/c1-10(2)25-38-21(34)19(31)23-6-5-14(27)24-12-7-11(8-35-9-26)3-4-13(12)36-22-17(30)15(28)16(29)18(37-22)20(32)33/h3-4,7,9,15-18,21-22,28-30,34H,5-6,8H2,1-2H3,(H,23,31)(H,24,27)(H,32,33)/t15-,16-,17+,18-,21+,22+/m0/s1. The van der Waals surface area contributed by atoms with Crippen molar-refractivity contribution in [2.45, 2.75) is 63.9 Å². The molecule has 1 saturated heterocycles. The molecular formula is C22H29N3O13. The van der Waals surface area contributed by atoms with Gasteiger partial charge in [-0.25, -0.2) is 4.79 Å². The number of carboxylic acids is 1. The molecule has 0 radical (unpaired) electrons. The highest BCUT2D eigenvalue weighted by Crippen LogP contribution is 2.31. The quantitative estimate of drug-likeness (QED) is 0.0605. The minimum Gasteiger partial charge on any atom is -0.479 e. The lowest BCUT2D eigenvalue weighted by molar-refractivity contribution is -0.271. The number of aliphatic hydroxyl groups is 4. The molecule has 1 aromatic rings. The molecule has 38 heavy (non-hydrogen) atoms. The first-order valence-corrected chi connectivity index (χ1v) is 11.1. The summed E-state index contributed by atoms with van der Waals surface area (Å²) in [7, 11) is 0. The van der Waals surface area contributed by atoms with Crippen LogP contribution in [-0.4, -0.2) is 99.0 Å². The fourth-order valence-corrected chi connectivity index (χ4v) is 3.07. The van der Waals surface area contributed by atoms with E-state index in [-0.39, 0.29) is 37.5 Å². The number of hydrogen-bond donors (Lipinski definition) is 7. The second kappa shape index (κ2) is 14.2. The van der Waals surface area contributed by atoms with E-state index in [0.717, 1.165) is 0 Å². The van der Waals surface area contributed by atoms with Crippen molar-refractivity contribution in [2.75, 3.05) is 11.9 Å². The fraction of sp³-hybridized carbons (Fsp3) is 0.500. The molecule has 210 valence electrons. The van der Waals surface area contributed by atoms with Crippen LogP contribution in [0.5, 0.6) is 5.75 Å². The van der Waals surface area contributed by atoms with Crippen molar-refractivity contribution in [1.82, 2.24) is 5.32 Å². The Bertz CT molecular complexity index is 1030. The minimum absolute atomic E-state index is 0.0206. The summed E-state index contributed by atoms with van der Waals surface area (Å²) in [4.78, 5) is 50.7. The average molecular weight is 543 g/mol. The van der Waals surface area contributed by atoms with Crippen molar-refractivity contribution in [3.63, 3.8) is 0 Å². The highest BCUT2D eigenvalue weighted by atomic mass is 16.7. The van der Waals surface area contributed by atoms with Gasteiger partial charge in [0.05, 0.1) is 11.4 Å². The van der Waals surface area contributed by atoms with Crippen LogP contribution in [0.4, 0.5) is 5.69 Å². The van der Waals surface area contributed by atoms with Crippen LogP contribution in [0.25, 0.3) is 0 Å². The minimum atomic E-state index is -1.93. The van der Waals surface area contributed by atoms with Gasteiger partial charge in [-0.15, -0.1) is 0 Å². The number of nitrogens with zero attached hydrogens (tertiary/aromatic N) is 1. The van der Waals surface area contributed by atoms with Crippen LogP contribution in [0.3, 0.4) is 0 Å². The van der Waals surface area contributed by atoms with Gasteiger partial charge in [0.15, 0.2) is 6.10 Å². The second-order valence-electron chi connectivity index (χ2n) is 8.18. The van der Waals surface area contributed by atoms with Crippen LogP contribution in [0.1, 0.15) is 25.8 Å². The molecule has 16 nitrogen and oxygen atoms in total. The molecule has 0 aromatic heterocycles. The van der Waals surface area contributed by atoms with Crippen LogP contribution in [0.15, 0.2) is 23.4 Å². The third kappa shape index (κ3) is 8.63. The number of aliphatic carboxylic acids is 1. The van der Waals surface area contributed by atoms with Crippen LogP contribution < -0.4 is 15.4 Å². The molecule has 0 bridgehead atoms. The molecule has 1 heterocycles. The zero-order chi connectivity index (χ0) is 28.4. The molecule has 1 aromatic carbocycles. The van der Waals surface area contributed by atoms with E-state index in [4.69, 9.17) is 9.47 Å². The Kier molecular flexibility index (Phi) is 11.4. The Morgan fingerprint density at radius 1 is 1.16 bits per heavy atom. The molecule has 1 aliphatic rings. The average Bonchev–Trinajstić information content (AvgIpc) is 2.86. The number of rotatable bonds is 13. The van der Waals surface area contributed by atoms with Crippen LogP contribution in [-0.2, 0) is 40.1 Å². The largest absolute Gasteiger partial charge is 0.479 e. The van der Waals surface area contributed by atoms with Gasteiger partial charge < -0.3 is 55.2 Å². The van der Waals surface area contributed by atoms with Gasteiger partial charge in [0.1, 0.15) is 30.7 Å². The Morgan fingerprint density at radius 2 is 1.87 bits per heavy atom. The van der Waals surface area contributed by atoms with Crippen LogP contribution in [0, 0.1) is 0 Å². The molecule has 0 aliphatic carbocycles. The third-order valence-corrected chi connectivity index (χ3v) is 4.90. The molecule has 16 heteroatoms.